The molecule has 2 saturated heterocycles. The number of ether oxygens (including phenoxy) is 1. The lowest BCUT2D eigenvalue weighted by molar-refractivity contribution is 0.0296. The second-order valence-corrected chi connectivity index (χ2v) is 5.94. The number of aromatic nitrogens is 2. The predicted octanol–water partition coefficient (Wildman–Crippen LogP) is 1.35. The van der Waals surface area contributed by atoms with E-state index in [1.807, 2.05) is 0 Å². The van der Waals surface area contributed by atoms with Crippen LogP contribution in [-0.2, 0) is 4.74 Å². The second kappa shape index (κ2) is 6.16. The average molecular weight is 328 g/mol. The molecule has 124 valence electrons. The van der Waals surface area contributed by atoms with Crippen molar-refractivity contribution in [2.45, 2.75) is 12.1 Å². The number of hydrogen-bond acceptors (Lipinski definition) is 5. The molecule has 2 fully saturated rings. The van der Waals surface area contributed by atoms with Gasteiger partial charge in [0.25, 0.3) is 5.91 Å². The number of anilines is 1. The Kier molecular flexibility index (Phi) is 3.86. The van der Waals surface area contributed by atoms with Gasteiger partial charge < -0.3 is 14.5 Å². The average Bonchev–Trinajstić information content (AvgIpc) is 3.06. The Hall–Kier alpha value is -2.54. The van der Waals surface area contributed by atoms with Crippen molar-refractivity contribution < 1.29 is 13.9 Å². The summed E-state index contributed by atoms with van der Waals surface area (Å²) in [5, 5.41) is 0. The van der Waals surface area contributed by atoms with Gasteiger partial charge in [-0.3, -0.25) is 4.79 Å². The number of benzene rings is 1. The third-order valence-corrected chi connectivity index (χ3v) is 4.49. The number of rotatable bonds is 2. The van der Waals surface area contributed by atoms with E-state index < -0.39 is 0 Å². The van der Waals surface area contributed by atoms with E-state index in [2.05, 4.69) is 14.9 Å². The smallest absolute Gasteiger partial charge is 0.254 e. The number of carbonyl (C=O) groups is 1. The molecule has 4 rings (SSSR count). The van der Waals surface area contributed by atoms with E-state index in [0.717, 1.165) is 0 Å². The number of nitrogens with zero attached hydrogens (tertiary/aromatic N) is 4. The summed E-state index contributed by atoms with van der Waals surface area (Å²) in [4.78, 5) is 25.1. The molecule has 1 aromatic carbocycles. The largest absolute Gasteiger partial charge is 0.372 e. The minimum atomic E-state index is -0.350. The molecule has 24 heavy (non-hydrogen) atoms. The maximum absolute atomic E-state index is 13.0. The number of halogens is 1. The quantitative estimate of drug-likeness (QED) is 0.833. The van der Waals surface area contributed by atoms with E-state index in [0.29, 0.717) is 37.8 Å². The lowest BCUT2D eigenvalue weighted by Crippen LogP contribution is -2.51. The fraction of sp³-hybridized carbons (Fsp3) is 0.353. The number of carbonyl (C=O) groups excluding carboxylic acids is 1. The van der Waals surface area contributed by atoms with Gasteiger partial charge in [-0.1, -0.05) is 0 Å². The molecule has 1 aromatic heterocycles. The van der Waals surface area contributed by atoms with Gasteiger partial charge in [0.1, 0.15) is 5.82 Å². The molecule has 0 spiro atoms. The number of amides is 1. The molecule has 0 aliphatic carbocycles. The van der Waals surface area contributed by atoms with E-state index >= 15 is 0 Å². The minimum Gasteiger partial charge on any atom is -0.372 e. The second-order valence-electron chi connectivity index (χ2n) is 5.94. The van der Waals surface area contributed by atoms with Crippen LogP contribution in [0.5, 0.6) is 0 Å². The maximum atomic E-state index is 13.0. The van der Waals surface area contributed by atoms with Crippen LogP contribution in [0.1, 0.15) is 10.4 Å². The normalized spacial score (nSPS) is 23.2. The number of fused-ring (bicyclic) bond motifs is 1. The van der Waals surface area contributed by atoms with Crippen LogP contribution in [0, 0.1) is 5.82 Å². The highest BCUT2D eigenvalue weighted by molar-refractivity contribution is 5.94. The van der Waals surface area contributed by atoms with Crippen LogP contribution in [0.2, 0.25) is 0 Å². The molecule has 1 amide bonds. The van der Waals surface area contributed by atoms with Gasteiger partial charge in [0, 0.05) is 37.6 Å². The van der Waals surface area contributed by atoms with Gasteiger partial charge >= 0.3 is 0 Å². The lowest BCUT2D eigenvalue weighted by atomic mass is 10.1. The predicted molar refractivity (Wildman–Crippen MR) is 85.2 cm³/mol. The number of morpholine rings is 1. The lowest BCUT2D eigenvalue weighted by Gasteiger charge is -2.36. The molecule has 2 atom stereocenters. The molecule has 0 unspecified atom stereocenters. The van der Waals surface area contributed by atoms with Gasteiger partial charge in [-0.2, -0.15) is 0 Å². The third-order valence-electron chi connectivity index (χ3n) is 4.49. The first-order valence-corrected chi connectivity index (χ1v) is 7.92. The zero-order valence-corrected chi connectivity index (χ0v) is 13.0. The van der Waals surface area contributed by atoms with Gasteiger partial charge in [0.05, 0.1) is 18.8 Å². The summed E-state index contributed by atoms with van der Waals surface area (Å²) in [7, 11) is 0. The van der Waals surface area contributed by atoms with Crippen molar-refractivity contribution >= 4 is 11.9 Å². The molecule has 0 saturated carbocycles. The molecule has 0 bridgehead atoms. The van der Waals surface area contributed by atoms with Crippen LogP contribution in [-0.4, -0.2) is 59.2 Å². The maximum Gasteiger partial charge on any atom is 0.254 e. The van der Waals surface area contributed by atoms with Crippen molar-refractivity contribution in [3.8, 4) is 0 Å². The van der Waals surface area contributed by atoms with Crippen LogP contribution in [0.3, 0.4) is 0 Å². The Morgan fingerprint density at radius 3 is 2.67 bits per heavy atom. The zero-order chi connectivity index (χ0) is 16.5. The Morgan fingerprint density at radius 2 is 1.92 bits per heavy atom. The molecule has 7 heteroatoms. The van der Waals surface area contributed by atoms with Crippen LogP contribution < -0.4 is 4.90 Å². The van der Waals surface area contributed by atoms with Crippen LogP contribution in [0.25, 0.3) is 0 Å². The standard InChI is InChI=1S/C17H17FN4O2/c18-13-4-2-12(3-5-13)16(23)21-10-14-15(11-21)24-9-8-22(14)17-19-6-1-7-20-17/h1-7,14-15H,8-11H2/t14-,15+/m1/s1. The molecule has 0 N–H and O–H groups in total. The van der Waals surface area contributed by atoms with Crippen molar-refractivity contribution in [3.05, 3.63) is 54.1 Å². The SMILES string of the molecule is O=C(c1ccc(F)cc1)N1C[C@@H]2OCCN(c3ncccn3)[C@@H]2C1. The highest BCUT2D eigenvalue weighted by atomic mass is 19.1. The molecular formula is C17H17FN4O2. The van der Waals surface area contributed by atoms with Gasteiger partial charge in [-0.25, -0.2) is 14.4 Å². The van der Waals surface area contributed by atoms with Crippen molar-refractivity contribution in [2.24, 2.45) is 0 Å². The Balaban J connectivity index is 1.53. The molecule has 3 heterocycles. The highest BCUT2D eigenvalue weighted by Gasteiger charge is 2.42. The topological polar surface area (TPSA) is 58.6 Å². The fourth-order valence-corrected chi connectivity index (χ4v) is 3.32. The van der Waals surface area contributed by atoms with E-state index in [4.69, 9.17) is 4.74 Å². The number of hydrogen-bond donors (Lipinski definition) is 0. The summed E-state index contributed by atoms with van der Waals surface area (Å²) in [6.45, 7) is 2.34. The van der Waals surface area contributed by atoms with Crippen molar-refractivity contribution in [1.29, 1.82) is 0 Å². The fourth-order valence-electron chi connectivity index (χ4n) is 3.32. The van der Waals surface area contributed by atoms with Crippen LogP contribution in [0.15, 0.2) is 42.7 Å². The van der Waals surface area contributed by atoms with Gasteiger partial charge in [-0.15, -0.1) is 0 Å². The number of likely N-dealkylation sites (tertiary alicyclic amines) is 1. The summed E-state index contributed by atoms with van der Waals surface area (Å²) < 4.78 is 18.9. The minimum absolute atomic E-state index is 0.0329. The van der Waals surface area contributed by atoms with E-state index in [1.54, 1.807) is 23.4 Å². The molecule has 0 radical (unpaired) electrons. The van der Waals surface area contributed by atoms with Gasteiger partial charge in [-0.05, 0) is 30.3 Å². The first-order valence-electron chi connectivity index (χ1n) is 7.92. The van der Waals surface area contributed by atoms with Crippen molar-refractivity contribution in [3.63, 3.8) is 0 Å². The molecule has 6 nitrogen and oxygen atoms in total. The third kappa shape index (κ3) is 2.71. The molecule has 2 aliphatic rings. The molecule has 2 aliphatic heterocycles. The Bertz CT molecular complexity index is 725. The summed E-state index contributed by atoms with van der Waals surface area (Å²) >= 11 is 0. The highest BCUT2D eigenvalue weighted by Crippen LogP contribution is 2.26. The van der Waals surface area contributed by atoms with E-state index in [9.17, 15) is 9.18 Å². The van der Waals surface area contributed by atoms with E-state index in [-0.39, 0.29) is 23.9 Å². The van der Waals surface area contributed by atoms with Gasteiger partial charge in [0.15, 0.2) is 0 Å². The first-order chi connectivity index (χ1) is 11.7. The zero-order valence-electron chi connectivity index (χ0n) is 13.0. The van der Waals surface area contributed by atoms with E-state index in [1.165, 1.54) is 24.3 Å². The Morgan fingerprint density at radius 1 is 1.17 bits per heavy atom. The molecular weight excluding hydrogens is 311 g/mol. The summed E-state index contributed by atoms with van der Waals surface area (Å²) in [5.74, 6) is 0.200. The van der Waals surface area contributed by atoms with Crippen LogP contribution >= 0.6 is 0 Å². The van der Waals surface area contributed by atoms with Crippen LogP contribution in [0.4, 0.5) is 10.3 Å². The van der Waals surface area contributed by atoms with Gasteiger partial charge in [0.2, 0.25) is 5.95 Å². The summed E-state index contributed by atoms with van der Waals surface area (Å²) in [6, 6.07) is 7.44. The summed E-state index contributed by atoms with van der Waals surface area (Å²) in [5.41, 5.74) is 0.484. The first kappa shape index (κ1) is 15.0. The van der Waals surface area contributed by atoms with Crippen molar-refractivity contribution in [2.75, 3.05) is 31.1 Å². The summed E-state index contributed by atoms with van der Waals surface area (Å²) in [6.07, 6.45) is 3.36. The van der Waals surface area contributed by atoms with Crippen molar-refractivity contribution in [1.82, 2.24) is 14.9 Å². The molecule has 2 aromatic rings. The Labute approximate surface area is 138 Å². The monoisotopic (exact) mass is 328 g/mol.